The standard InChI is InChI=1S/C20H37N5O6S/c1-6-11(4)16(19(29)23-13(20(30)31)9-14(22)26)25-18(28)15(10(2)3)24-17(27)12(21)7-8-32-5/h10-13,15-16H,6-9,21H2,1-5H3,(H2,22,26)(H,23,29)(H,24,27)(H,25,28)(H,30,31). The lowest BCUT2D eigenvalue weighted by molar-refractivity contribution is -0.144. The largest absolute Gasteiger partial charge is 0.480 e. The van der Waals surface area contributed by atoms with Crippen LogP contribution in [0, 0.1) is 11.8 Å². The fraction of sp³-hybridized carbons (Fsp3) is 0.750. The minimum absolute atomic E-state index is 0.297. The predicted molar refractivity (Wildman–Crippen MR) is 123 cm³/mol. The number of nitrogens with one attached hydrogen (secondary N) is 3. The van der Waals surface area contributed by atoms with Crippen molar-refractivity contribution in [1.82, 2.24) is 16.0 Å². The van der Waals surface area contributed by atoms with E-state index in [1.54, 1.807) is 32.5 Å². The van der Waals surface area contributed by atoms with Crippen LogP contribution in [0.4, 0.5) is 0 Å². The van der Waals surface area contributed by atoms with Crippen LogP contribution in [0.1, 0.15) is 47.0 Å². The molecular weight excluding hydrogens is 438 g/mol. The number of carboxylic acids is 1. The van der Waals surface area contributed by atoms with Crippen LogP contribution in [-0.4, -0.2) is 70.9 Å². The van der Waals surface area contributed by atoms with Crippen LogP contribution < -0.4 is 27.4 Å². The summed E-state index contributed by atoms with van der Waals surface area (Å²) in [6.45, 7) is 7.00. The molecule has 12 heteroatoms. The fourth-order valence-corrected chi connectivity index (χ4v) is 3.27. The molecule has 11 nitrogen and oxygen atoms in total. The zero-order valence-electron chi connectivity index (χ0n) is 19.3. The number of aliphatic carboxylic acids is 1. The van der Waals surface area contributed by atoms with Gasteiger partial charge in [-0.2, -0.15) is 11.8 Å². The lowest BCUT2D eigenvalue weighted by Crippen LogP contribution is -2.60. The molecule has 32 heavy (non-hydrogen) atoms. The first kappa shape index (κ1) is 29.7. The van der Waals surface area contributed by atoms with E-state index in [0.29, 0.717) is 18.6 Å². The number of carbonyl (C=O) groups is 5. The maximum absolute atomic E-state index is 12.9. The summed E-state index contributed by atoms with van der Waals surface area (Å²) < 4.78 is 0. The van der Waals surface area contributed by atoms with Crippen molar-refractivity contribution in [3.05, 3.63) is 0 Å². The average molecular weight is 476 g/mol. The van der Waals surface area contributed by atoms with Gasteiger partial charge in [-0.25, -0.2) is 4.79 Å². The molecule has 0 radical (unpaired) electrons. The average Bonchev–Trinajstić information content (AvgIpc) is 2.71. The van der Waals surface area contributed by atoms with Gasteiger partial charge in [0.2, 0.25) is 23.6 Å². The first-order chi connectivity index (χ1) is 14.8. The molecule has 184 valence electrons. The Morgan fingerprint density at radius 2 is 1.47 bits per heavy atom. The quantitative estimate of drug-likeness (QED) is 0.177. The number of amides is 4. The van der Waals surface area contributed by atoms with Crippen LogP contribution in [0.5, 0.6) is 0 Å². The second-order valence-corrected chi connectivity index (χ2v) is 9.05. The number of hydrogen-bond acceptors (Lipinski definition) is 7. The maximum atomic E-state index is 12.9. The Bertz CT molecular complexity index is 675. The van der Waals surface area contributed by atoms with Gasteiger partial charge in [0.25, 0.3) is 0 Å². The smallest absolute Gasteiger partial charge is 0.326 e. The summed E-state index contributed by atoms with van der Waals surface area (Å²) in [6, 6.07) is -4.30. The molecule has 5 unspecified atom stereocenters. The molecule has 0 spiro atoms. The Balaban J connectivity index is 5.45. The molecule has 8 N–H and O–H groups in total. The number of nitrogens with two attached hydrogens (primary N) is 2. The van der Waals surface area contributed by atoms with Crippen molar-refractivity contribution in [3.8, 4) is 0 Å². The zero-order chi connectivity index (χ0) is 25.0. The maximum Gasteiger partial charge on any atom is 0.326 e. The zero-order valence-corrected chi connectivity index (χ0v) is 20.2. The van der Waals surface area contributed by atoms with E-state index in [4.69, 9.17) is 11.5 Å². The van der Waals surface area contributed by atoms with E-state index in [1.165, 1.54) is 0 Å². The van der Waals surface area contributed by atoms with Crippen molar-refractivity contribution in [2.75, 3.05) is 12.0 Å². The lowest BCUT2D eigenvalue weighted by Gasteiger charge is -2.29. The van der Waals surface area contributed by atoms with Gasteiger partial charge in [0.15, 0.2) is 0 Å². The summed E-state index contributed by atoms with van der Waals surface area (Å²) in [4.78, 5) is 60.6. The van der Waals surface area contributed by atoms with E-state index < -0.39 is 60.2 Å². The van der Waals surface area contributed by atoms with Crippen LogP contribution in [0.25, 0.3) is 0 Å². The van der Waals surface area contributed by atoms with Crippen LogP contribution in [0.2, 0.25) is 0 Å². The van der Waals surface area contributed by atoms with Crippen molar-refractivity contribution >= 4 is 41.4 Å². The highest BCUT2D eigenvalue weighted by Crippen LogP contribution is 2.11. The summed E-state index contributed by atoms with van der Waals surface area (Å²) in [5, 5.41) is 16.7. The summed E-state index contributed by atoms with van der Waals surface area (Å²) >= 11 is 1.55. The van der Waals surface area contributed by atoms with Gasteiger partial charge in [-0.15, -0.1) is 0 Å². The molecule has 0 aliphatic heterocycles. The Morgan fingerprint density at radius 3 is 1.91 bits per heavy atom. The van der Waals surface area contributed by atoms with Crippen molar-refractivity contribution in [3.63, 3.8) is 0 Å². The first-order valence-electron chi connectivity index (χ1n) is 10.5. The minimum Gasteiger partial charge on any atom is -0.480 e. The highest BCUT2D eigenvalue weighted by atomic mass is 32.2. The number of carboxylic acid groups (broad SMARTS) is 1. The Kier molecular flexibility index (Phi) is 13.6. The summed E-state index contributed by atoms with van der Waals surface area (Å²) in [5.74, 6) is -4.08. The molecule has 5 atom stereocenters. The second kappa shape index (κ2) is 14.7. The second-order valence-electron chi connectivity index (χ2n) is 8.06. The molecule has 0 aliphatic carbocycles. The molecular formula is C20H37N5O6S. The third-order valence-electron chi connectivity index (χ3n) is 5.03. The number of primary amides is 1. The van der Waals surface area contributed by atoms with Gasteiger partial charge in [0.05, 0.1) is 12.5 Å². The number of rotatable bonds is 15. The van der Waals surface area contributed by atoms with Crippen LogP contribution in [0.3, 0.4) is 0 Å². The molecule has 0 saturated heterocycles. The van der Waals surface area contributed by atoms with Crippen molar-refractivity contribution in [2.45, 2.75) is 71.1 Å². The van der Waals surface area contributed by atoms with E-state index in [-0.39, 0.29) is 11.8 Å². The summed E-state index contributed by atoms with van der Waals surface area (Å²) in [5.41, 5.74) is 10.9. The summed E-state index contributed by atoms with van der Waals surface area (Å²) in [7, 11) is 0. The van der Waals surface area contributed by atoms with Crippen molar-refractivity contribution in [2.24, 2.45) is 23.3 Å². The molecule has 0 fully saturated rings. The van der Waals surface area contributed by atoms with Gasteiger partial charge in [-0.05, 0) is 30.3 Å². The third-order valence-corrected chi connectivity index (χ3v) is 5.67. The normalized spacial score (nSPS) is 15.7. The Labute approximate surface area is 193 Å². The van der Waals surface area contributed by atoms with Crippen molar-refractivity contribution in [1.29, 1.82) is 0 Å². The molecule has 4 amide bonds. The van der Waals surface area contributed by atoms with Gasteiger partial charge >= 0.3 is 5.97 Å². The van der Waals surface area contributed by atoms with Crippen LogP contribution in [0.15, 0.2) is 0 Å². The predicted octanol–water partition coefficient (Wildman–Crippen LogP) is -0.817. The van der Waals surface area contributed by atoms with Gasteiger partial charge in [0, 0.05) is 0 Å². The van der Waals surface area contributed by atoms with Gasteiger partial charge in [-0.1, -0.05) is 34.1 Å². The monoisotopic (exact) mass is 475 g/mol. The van der Waals surface area contributed by atoms with E-state index in [2.05, 4.69) is 16.0 Å². The van der Waals surface area contributed by atoms with Crippen molar-refractivity contribution < 1.29 is 29.1 Å². The van der Waals surface area contributed by atoms with E-state index in [1.807, 2.05) is 13.2 Å². The molecule has 0 heterocycles. The van der Waals surface area contributed by atoms with Gasteiger partial charge in [-0.3, -0.25) is 19.2 Å². The molecule has 0 aromatic carbocycles. The topological polar surface area (TPSA) is 194 Å². The number of hydrogen-bond donors (Lipinski definition) is 6. The lowest BCUT2D eigenvalue weighted by atomic mass is 9.96. The molecule has 0 bridgehead atoms. The van der Waals surface area contributed by atoms with Gasteiger partial charge < -0.3 is 32.5 Å². The third kappa shape index (κ3) is 10.3. The van der Waals surface area contributed by atoms with Gasteiger partial charge in [0.1, 0.15) is 18.1 Å². The van der Waals surface area contributed by atoms with E-state index in [9.17, 15) is 29.1 Å². The highest BCUT2D eigenvalue weighted by molar-refractivity contribution is 7.98. The Hall–Kier alpha value is -2.34. The molecule has 0 rings (SSSR count). The number of carbonyl (C=O) groups excluding carboxylic acids is 4. The minimum atomic E-state index is -1.52. The summed E-state index contributed by atoms with van der Waals surface area (Å²) in [6.07, 6.45) is 2.27. The fourth-order valence-electron chi connectivity index (χ4n) is 2.78. The van der Waals surface area contributed by atoms with E-state index >= 15 is 0 Å². The molecule has 0 saturated carbocycles. The molecule has 0 aliphatic rings. The first-order valence-corrected chi connectivity index (χ1v) is 11.9. The van der Waals surface area contributed by atoms with Crippen LogP contribution in [-0.2, 0) is 24.0 Å². The Morgan fingerprint density at radius 1 is 0.938 bits per heavy atom. The molecule has 0 aromatic heterocycles. The highest BCUT2D eigenvalue weighted by Gasteiger charge is 2.34. The van der Waals surface area contributed by atoms with E-state index in [0.717, 1.165) is 0 Å². The molecule has 0 aromatic rings. The number of thioether (sulfide) groups is 1. The van der Waals surface area contributed by atoms with Crippen LogP contribution >= 0.6 is 11.8 Å². The SMILES string of the molecule is CCC(C)C(NC(=O)C(NC(=O)C(N)CCSC)C(C)C)C(=O)NC(CC(N)=O)C(=O)O.